The van der Waals surface area contributed by atoms with Crippen molar-refractivity contribution in [3.63, 3.8) is 0 Å². The lowest BCUT2D eigenvalue weighted by Crippen LogP contribution is -2.37. The zero-order valence-corrected chi connectivity index (χ0v) is 16.3. The Kier molecular flexibility index (Phi) is 5.54. The van der Waals surface area contributed by atoms with Gasteiger partial charge in [-0.05, 0) is 24.1 Å². The van der Waals surface area contributed by atoms with E-state index in [0.717, 1.165) is 60.7 Å². The van der Waals surface area contributed by atoms with Crippen molar-refractivity contribution < 1.29 is 23.4 Å². The predicted molar refractivity (Wildman–Crippen MR) is 103 cm³/mol. The number of benzene rings is 1. The lowest BCUT2D eigenvalue weighted by Gasteiger charge is -2.18. The first kappa shape index (κ1) is 18.8. The van der Waals surface area contributed by atoms with Crippen LogP contribution < -0.4 is 14.8 Å². The number of hydrogen-bond acceptors (Lipinski definition) is 6. The molecule has 1 aromatic carbocycles. The van der Waals surface area contributed by atoms with Gasteiger partial charge in [0.2, 0.25) is 0 Å². The van der Waals surface area contributed by atoms with Gasteiger partial charge in [-0.3, -0.25) is 9.69 Å². The summed E-state index contributed by atoms with van der Waals surface area (Å²) in [6.45, 7) is 3.67. The standard InChI is InChI=1S/C21H26N2O5/c1-25-17-7-14(8-18(9-17)26-2)10-23-5-3-16(11-23)22-21(24)20-19-4-6-27-12-15(19)13-28-20/h7-9,13,16H,3-6,10-12H2,1-2H3,(H,22,24). The number of ether oxygens (including phenoxy) is 3. The smallest absolute Gasteiger partial charge is 0.287 e. The number of likely N-dealkylation sites (tertiary alicyclic amines) is 1. The van der Waals surface area contributed by atoms with Gasteiger partial charge in [0.15, 0.2) is 5.76 Å². The second-order valence-corrected chi connectivity index (χ2v) is 7.29. The molecule has 0 spiro atoms. The van der Waals surface area contributed by atoms with Crippen LogP contribution in [0, 0.1) is 0 Å². The SMILES string of the molecule is COc1cc(CN2CCC(NC(=O)c3occ4c3CCOC4)C2)cc(OC)c1. The number of amides is 1. The van der Waals surface area contributed by atoms with Gasteiger partial charge >= 0.3 is 0 Å². The Hall–Kier alpha value is -2.51. The van der Waals surface area contributed by atoms with Crippen LogP contribution in [-0.2, 0) is 24.3 Å². The van der Waals surface area contributed by atoms with Gasteiger partial charge in [0.05, 0.1) is 33.7 Å². The van der Waals surface area contributed by atoms with Crippen molar-refractivity contribution in [2.24, 2.45) is 0 Å². The summed E-state index contributed by atoms with van der Waals surface area (Å²) >= 11 is 0. The Bertz CT molecular complexity index is 825. The zero-order chi connectivity index (χ0) is 19.5. The number of methoxy groups -OCH3 is 2. The number of fused-ring (bicyclic) bond motifs is 1. The van der Waals surface area contributed by atoms with Crippen LogP contribution in [0.1, 0.15) is 33.7 Å². The first-order chi connectivity index (χ1) is 13.7. The number of carbonyl (C=O) groups excluding carboxylic acids is 1. The van der Waals surface area contributed by atoms with Crippen LogP contribution in [0.2, 0.25) is 0 Å². The molecule has 1 saturated heterocycles. The summed E-state index contributed by atoms with van der Waals surface area (Å²) in [5.74, 6) is 1.88. The van der Waals surface area contributed by atoms with Crippen molar-refractivity contribution in [3.05, 3.63) is 46.9 Å². The van der Waals surface area contributed by atoms with E-state index in [1.165, 1.54) is 0 Å². The largest absolute Gasteiger partial charge is 0.497 e. The van der Waals surface area contributed by atoms with E-state index in [1.807, 2.05) is 18.2 Å². The maximum absolute atomic E-state index is 12.7. The second-order valence-electron chi connectivity index (χ2n) is 7.29. The summed E-state index contributed by atoms with van der Waals surface area (Å²) < 4.78 is 21.6. The molecule has 3 heterocycles. The van der Waals surface area contributed by atoms with Crippen LogP contribution in [0.4, 0.5) is 0 Å². The molecule has 7 nitrogen and oxygen atoms in total. The van der Waals surface area contributed by atoms with Gasteiger partial charge in [-0.25, -0.2) is 0 Å². The topological polar surface area (TPSA) is 73.2 Å². The normalized spacial score (nSPS) is 19.3. The van der Waals surface area contributed by atoms with Gasteiger partial charge in [-0.2, -0.15) is 0 Å². The highest BCUT2D eigenvalue weighted by Gasteiger charge is 2.28. The molecule has 1 N–H and O–H groups in total. The Balaban J connectivity index is 1.36. The van der Waals surface area contributed by atoms with Crippen molar-refractivity contribution in [1.82, 2.24) is 10.2 Å². The van der Waals surface area contributed by atoms with Crippen molar-refractivity contribution in [2.75, 3.05) is 33.9 Å². The molecule has 150 valence electrons. The molecule has 0 saturated carbocycles. The quantitative estimate of drug-likeness (QED) is 0.822. The van der Waals surface area contributed by atoms with Gasteiger partial charge < -0.3 is 23.9 Å². The minimum absolute atomic E-state index is 0.112. The summed E-state index contributed by atoms with van der Waals surface area (Å²) in [6.07, 6.45) is 3.28. The molecule has 2 aromatic rings. The van der Waals surface area contributed by atoms with E-state index in [-0.39, 0.29) is 11.9 Å². The molecule has 1 unspecified atom stereocenters. The number of carbonyl (C=O) groups is 1. The minimum Gasteiger partial charge on any atom is -0.497 e. The molecule has 1 fully saturated rings. The highest BCUT2D eigenvalue weighted by atomic mass is 16.5. The van der Waals surface area contributed by atoms with E-state index in [1.54, 1.807) is 20.5 Å². The third kappa shape index (κ3) is 4.00. The fraction of sp³-hybridized carbons (Fsp3) is 0.476. The molecule has 2 aliphatic heterocycles. The lowest BCUT2D eigenvalue weighted by molar-refractivity contribution is 0.0904. The van der Waals surface area contributed by atoms with E-state index >= 15 is 0 Å². The number of nitrogens with zero attached hydrogens (tertiary/aromatic N) is 1. The summed E-state index contributed by atoms with van der Waals surface area (Å²) in [4.78, 5) is 15.0. The summed E-state index contributed by atoms with van der Waals surface area (Å²) in [7, 11) is 3.30. The fourth-order valence-corrected chi connectivity index (χ4v) is 3.92. The number of hydrogen-bond donors (Lipinski definition) is 1. The molecule has 0 radical (unpaired) electrons. The van der Waals surface area contributed by atoms with Crippen molar-refractivity contribution in [1.29, 1.82) is 0 Å². The first-order valence-electron chi connectivity index (χ1n) is 9.58. The molecular formula is C21H26N2O5. The minimum atomic E-state index is -0.127. The van der Waals surface area contributed by atoms with Crippen LogP contribution in [0.3, 0.4) is 0 Å². The van der Waals surface area contributed by atoms with Crippen LogP contribution in [0.15, 0.2) is 28.9 Å². The molecule has 28 heavy (non-hydrogen) atoms. The Morgan fingerprint density at radius 3 is 2.79 bits per heavy atom. The zero-order valence-electron chi connectivity index (χ0n) is 16.3. The maximum atomic E-state index is 12.7. The van der Waals surface area contributed by atoms with Gasteiger partial charge in [0.25, 0.3) is 5.91 Å². The average molecular weight is 386 g/mol. The van der Waals surface area contributed by atoms with Crippen molar-refractivity contribution >= 4 is 5.91 Å². The van der Waals surface area contributed by atoms with E-state index in [4.69, 9.17) is 18.6 Å². The number of rotatable bonds is 6. The lowest BCUT2D eigenvalue weighted by atomic mass is 10.1. The Morgan fingerprint density at radius 2 is 2.04 bits per heavy atom. The van der Waals surface area contributed by atoms with Crippen molar-refractivity contribution in [3.8, 4) is 11.5 Å². The summed E-state index contributed by atoms with van der Waals surface area (Å²) in [5, 5.41) is 3.13. The molecule has 1 amide bonds. The van der Waals surface area contributed by atoms with Gasteiger partial charge in [-0.1, -0.05) is 0 Å². The van der Waals surface area contributed by atoms with Crippen LogP contribution in [0.5, 0.6) is 11.5 Å². The van der Waals surface area contributed by atoms with E-state index in [9.17, 15) is 4.79 Å². The third-order valence-electron chi connectivity index (χ3n) is 5.37. The molecular weight excluding hydrogens is 360 g/mol. The maximum Gasteiger partial charge on any atom is 0.287 e. The molecule has 2 aliphatic rings. The van der Waals surface area contributed by atoms with Gasteiger partial charge in [0, 0.05) is 49.3 Å². The molecule has 0 aliphatic carbocycles. The highest BCUT2D eigenvalue weighted by molar-refractivity contribution is 5.93. The fourth-order valence-electron chi connectivity index (χ4n) is 3.92. The third-order valence-corrected chi connectivity index (χ3v) is 5.37. The molecule has 1 atom stereocenters. The molecule has 1 aromatic heterocycles. The molecule has 4 rings (SSSR count). The Morgan fingerprint density at radius 1 is 1.25 bits per heavy atom. The average Bonchev–Trinajstić information content (AvgIpc) is 3.34. The van der Waals surface area contributed by atoms with Crippen molar-refractivity contribution in [2.45, 2.75) is 32.0 Å². The van der Waals surface area contributed by atoms with Crippen LogP contribution in [-0.4, -0.2) is 50.8 Å². The molecule has 7 heteroatoms. The first-order valence-corrected chi connectivity index (χ1v) is 9.58. The van der Waals surface area contributed by atoms with E-state index < -0.39 is 0 Å². The van der Waals surface area contributed by atoms with Gasteiger partial charge in [-0.15, -0.1) is 0 Å². The van der Waals surface area contributed by atoms with Crippen LogP contribution >= 0.6 is 0 Å². The number of nitrogens with one attached hydrogen (secondary N) is 1. The highest BCUT2D eigenvalue weighted by Crippen LogP contribution is 2.25. The predicted octanol–water partition coefficient (Wildman–Crippen LogP) is 2.37. The van der Waals surface area contributed by atoms with Crippen LogP contribution in [0.25, 0.3) is 0 Å². The molecule has 0 bridgehead atoms. The van der Waals surface area contributed by atoms with Gasteiger partial charge in [0.1, 0.15) is 11.5 Å². The second kappa shape index (κ2) is 8.24. The van der Waals surface area contributed by atoms with E-state index in [0.29, 0.717) is 19.0 Å². The summed E-state index contributed by atoms with van der Waals surface area (Å²) in [6, 6.07) is 6.02. The monoisotopic (exact) mass is 386 g/mol. The number of furan rings is 1. The van der Waals surface area contributed by atoms with E-state index in [2.05, 4.69) is 10.2 Å². The Labute approximate surface area is 164 Å². The summed E-state index contributed by atoms with van der Waals surface area (Å²) in [5.41, 5.74) is 3.10.